The third-order valence-corrected chi connectivity index (χ3v) is 5.49. The summed E-state index contributed by atoms with van der Waals surface area (Å²) in [7, 11) is -3.97. The highest BCUT2D eigenvalue weighted by Gasteiger charge is 2.17. The molecule has 0 saturated heterocycles. The average molecular weight is 449 g/mol. The Labute approximate surface area is 164 Å². The Hall–Kier alpha value is -2.71. The smallest absolute Gasteiger partial charge is 0.261 e. The Morgan fingerprint density at radius 1 is 0.889 bits per heavy atom. The van der Waals surface area contributed by atoms with Gasteiger partial charge >= 0.3 is 0 Å². The van der Waals surface area contributed by atoms with E-state index < -0.39 is 21.7 Å². The second kappa shape index (κ2) is 7.89. The monoisotopic (exact) mass is 448 g/mol. The fraction of sp³-hybridized carbons (Fsp3) is 0. The first-order valence-corrected chi connectivity index (χ1v) is 10.1. The van der Waals surface area contributed by atoms with E-state index in [4.69, 9.17) is 0 Å². The molecule has 0 aliphatic heterocycles. The standard InChI is InChI=1S/C19H14BrFN2O3S/c20-14-7-9-16(10-8-14)22-19(24)13-3-1-6-18(11-13)27(25,26)23-17-5-2-4-15(21)12-17/h1-12,23H,(H,22,24). The predicted molar refractivity (Wildman–Crippen MR) is 106 cm³/mol. The van der Waals surface area contributed by atoms with Crippen molar-refractivity contribution < 1.29 is 17.6 Å². The molecule has 0 saturated carbocycles. The number of benzene rings is 3. The van der Waals surface area contributed by atoms with E-state index in [9.17, 15) is 17.6 Å². The SMILES string of the molecule is O=C(Nc1ccc(Br)cc1)c1cccc(S(=O)(=O)Nc2cccc(F)c2)c1. The summed E-state index contributed by atoms with van der Waals surface area (Å²) in [4.78, 5) is 12.3. The second-order valence-electron chi connectivity index (χ2n) is 5.60. The number of sulfonamides is 1. The second-order valence-corrected chi connectivity index (χ2v) is 8.20. The Balaban J connectivity index is 1.81. The van der Waals surface area contributed by atoms with Gasteiger partial charge in [0.2, 0.25) is 0 Å². The van der Waals surface area contributed by atoms with Crippen molar-refractivity contribution in [2.24, 2.45) is 0 Å². The summed E-state index contributed by atoms with van der Waals surface area (Å²) in [6.45, 7) is 0. The minimum atomic E-state index is -3.97. The van der Waals surface area contributed by atoms with Crippen LogP contribution in [0.15, 0.2) is 82.2 Å². The minimum Gasteiger partial charge on any atom is -0.322 e. The molecule has 3 rings (SSSR count). The quantitative estimate of drug-likeness (QED) is 0.596. The van der Waals surface area contributed by atoms with E-state index in [1.54, 1.807) is 24.3 Å². The summed E-state index contributed by atoms with van der Waals surface area (Å²) >= 11 is 3.31. The Morgan fingerprint density at radius 3 is 2.30 bits per heavy atom. The number of hydrogen-bond donors (Lipinski definition) is 2. The summed E-state index contributed by atoms with van der Waals surface area (Å²) in [5.41, 5.74) is 0.856. The van der Waals surface area contributed by atoms with Crippen LogP contribution < -0.4 is 10.0 Å². The number of rotatable bonds is 5. The molecule has 1 amide bonds. The first kappa shape index (κ1) is 19.1. The molecule has 0 fully saturated rings. The average Bonchev–Trinajstić information content (AvgIpc) is 2.63. The summed E-state index contributed by atoms with van der Waals surface area (Å²) < 4.78 is 41.4. The van der Waals surface area contributed by atoms with Gasteiger partial charge in [-0.2, -0.15) is 0 Å². The Bertz CT molecular complexity index is 1090. The molecule has 0 radical (unpaired) electrons. The number of halogens is 2. The maximum atomic E-state index is 13.3. The first-order valence-electron chi connectivity index (χ1n) is 7.79. The van der Waals surface area contributed by atoms with Crippen molar-refractivity contribution in [3.63, 3.8) is 0 Å². The molecule has 0 unspecified atom stereocenters. The molecule has 3 aromatic rings. The lowest BCUT2D eigenvalue weighted by atomic mass is 10.2. The van der Waals surface area contributed by atoms with E-state index >= 15 is 0 Å². The maximum absolute atomic E-state index is 13.3. The van der Waals surface area contributed by atoms with Gasteiger partial charge in [0.05, 0.1) is 10.6 Å². The lowest BCUT2D eigenvalue weighted by Crippen LogP contribution is -2.16. The van der Waals surface area contributed by atoms with Crippen LogP contribution in [0, 0.1) is 5.82 Å². The highest BCUT2D eigenvalue weighted by Crippen LogP contribution is 2.19. The Kier molecular flexibility index (Phi) is 5.57. The van der Waals surface area contributed by atoms with E-state index in [-0.39, 0.29) is 16.1 Å². The van der Waals surface area contributed by atoms with Gasteiger partial charge in [-0.3, -0.25) is 9.52 Å². The molecular formula is C19H14BrFN2O3S. The number of anilines is 2. The highest BCUT2D eigenvalue weighted by molar-refractivity contribution is 9.10. The summed E-state index contributed by atoms with van der Waals surface area (Å²) in [5.74, 6) is -1.00. The van der Waals surface area contributed by atoms with Crippen LogP contribution in [0.1, 0.15) is 10.4 Å². The van der Waals surface area contributed by atoms with Gasteiger partial charge in [-0.15, -0.1) is 0 Å². The molecule has 0 spiro atoms. The number of nitrogens with one attached hydrogen (secondary N) is 2. The summed E-state index contributed by atoms with van der Waals surface area (Å²) in [5, 5.41) is 2.70. The van der Waals surface area contributed by atoms with Crippen LogP contribution in [0.25, 0.3) is 0 Å². The van der Waals surface area contributed by atoms with Gasteiger partial charge in [-0.1, -0.05) is 28.1 Å². The lowest BCUT2D eigenvalue weighted by Gasteiger charge is -2.10. The number of hydrogen-bond acceptors (Lipinski definition) is 3. The molecule has 0 heterocycles. The third-order valence-electron chi connectivity index (χ3n) is 3.59. The van der Waals surface area contributed by atoms with Crippen LogP contribution in [0.4, 0.5) is 15.8 Å². The summed E-state index contributed by atoms with van der Waals surface area (Å²) in [6, 6.07) is 17.7. The van der Waals surface area contributed by atoms with E-state index in [0.717, 1.165) is 10.5 Å². The zero-order valence-corrected chi connectivity index (χ0v) is 16.2. The molecule has 0 aliphatic rings. The molecule has 0 atom stereocenters. The van der Waals surface area contributed by atoms with Crippen molar-refractivity contribution in [3.8, 4) is 0 Å². The topological polar surface area (TPSA) is 75.3 Å². The predicted octanol–water partition coefficient (Wildman–Crippen LogP) is 4.64. The van der Waals surface area contributed by atoms with Gasteiger partial charge in [0.25, 0.3) is 15.9 Å². The molecule has 27 heavy (non-hydrogen) atoms. The van der Waals surface area contributed by atoms with E-state index in [1.165, 1.54) is 42.5 Å². The molecule has 3 aromatic carbocycles. The van der Waals surface area contributed by atoms with Crippen LogP contribution in [0.5, 0.6) is 0 Å². The first-order chi connectivity index (χ1) is 12.8. The molecule has 0 aliphatic carbocycles. The van der Waals surface area contributed by atoms with Gasteiger partial charge < -0.3 is 5.32 Å². The normalized spacial score (nSPS) is 11.0. The van der Waals surface area contributed by atoms with Gasteiger partial charge in [0.1, 0.15) is 5.82 Å². The number of carbonyl (C=O) groups excluding carboxylic acids is 1. The Morgan fingerprint density at radius 2 is 1.59 bits per heavy atom. The maximum Gasteiger partial charge on any atom is 0.261 e. The molecule has 8 heteroatoms. The van der Waals surface area contributed by atoms with Crippen molar-refractivity contribution in [3.05, 3.63) is 88.6 Å². The number of amides is 1. The molecule has 5 nitrogen and oxygen atoms in total. The summed E-state index contributed by atoms with van der Waals surface area (Å²) in [6.07, 6.45) is 0. The van der Waals surface area contributed by atoms with Crippen LogP contribution in [-0.2, 0) is 10.0 Å². The molecule has 0 bridgehead atoms. The van der Waals surface area contributed by atoms with Crippen molar-refractivity contribution in [2.45, 2.75) is 4.90 Å². The highest BCUT2D eigenvalue weighted by atomic mass is 79.9. The molecular weight excluding hydrogens is 435 g/mol. The van der Waals surface area contributed by atoms with Crippen molar-refractivity contribution >= 4 is 43.2 Å². The van der Waals surface area contributed by atoms with E-state index in [2.05, 4.69) is 26.0 Å². The van der Waals surface area contributed by atoms with Gasteiger partial charge in [-0.25, -0.2) is 12.8 Å². The number of carbonyl (C=O) groups is 1. The van der Waals surface area contributed by atoms with Crippen LogP contribution in [-0.4, -0.2) is 14.3 Å². The largest absolute Gasteiger partial charge is 0.322 e. The fourth-order valence-electron chi connectivity index (χ4n) is 2.31. The molecule has 138 valence electrons. The van der Waals surface area contributed by atoms with Gasteiger partial charge in [-0.05, 0) is 60.7 Å². The van der Waals surface area contributed by atoms with Crippen molar-refractivity contribution in [2.75, 3.05) is 10.0 Å². The van der Waals surface area contributed by atoms with E-state index in [0.29, 0.717) is 5.69 Å². The molecule has 2 N–H and O–H groups in total. The minimum absolute atomic E-state index is 0.0970. The van der Waals surface area contributed by atoms with Gasteiger partial charge in [0, 0.05) is 15.7 Å². The van der Waals surface area contributed by atoms with Crippen LogP contribution >= 0.6 is 15.9 Å². The molecule has 0 aromatic heterocycles. The lowest BCUT2D eigenvalue weighted by molar-refractivity contribution is 0.102. The van der Waals surface area contributed by atoms with Crippen LogP contribution in [0.2, 0.25) is 0 Å². The van der Waals surface area contributed by atoms with Crippen LogP contribution in [0.3, 0.4) is 0 Å². The van der Waals surface area contributed by atoms with Crippen molar-refractivity contribution in [1.82, 2.24) is 0 Å². The third kappa shape index (κ3) is 4.93. The zero-order chi connectivity index (χ0) is 19.4. The van der Waals surface area contributed by atoms with Crippen molar-refractivity contribution in [1.29, 1.82) is 0 Å². The van der Waals surface area contributed by atoms with E-state index in [1.807, 2.05) is 0 Å². The fourth-order valence-corrected chi connectivity index (χ4v) is 3.67. The van der Waals surface area contributed by atoms with Gasteiger partial charge in [0.15, 0.2) is 0 Å². The zero-order valence-electron chi connectivity index (χ0n) is 13.8.